The number of hydrogen-bond donors (Lipinski definition) is 1. The van der Waals surface area contributed by atoms with E-state index >= 15 is 0 Å². The molecule has 1 heterocycles. The van der Waals surface area contributed by atoms with Gasteiger partial charge in [-0.2, -0.15) is 0 Å². The van der Waals surface area contributed by atoms with Crippen LogP contribution in [0.15, 0.2) is 34.7 Å². The van der Waals surface area contributed by atoms with E-state index in [1.165, 1.54) is 0 Å². The minimum absolute atomic E-state index is 0. The predicted molar refractivity (Wildman–Crippen MR) is 87.5 cm³/mol. The van der Waals surface area contributed by atoms with Crippen molar-refractivity contribution in [2.24, 2.45) is 5.73 Å². The molecule has 0 spiro atoms. The number of para-hydroxylation sites is 1. The molecule has 0 fully saturated rings. The van der Waals surface area contributed by atoms with Crippen LogP contribution >= 0.6 is 12.4 Å². The van der Waals surface area contributed by atoms with Gasteiger partial charge in [-0.25, -0.2) is 0 Å². The van der Waals surface area contributed by atoms with Gasteiger partial charge >= 0.3 is 0 Å². The third kappa shape index (κ3) is 3.99. The van der Waals surface area contributed by atoms with Crippen molar-refractivity contribution in [1.29, 1.82) is 0 Å². The van der Waals surface area contributed by atoms with Crippen molar-refractivity contribution in [3.05, 3.63) is 36.1 Å². The molecule has 2 aromatic rings. The zero-order valence-electron chi connectivity index (χ0n) is 12.7. The summed E-state index contributed by atoms with van der Waals surface area (Å²) in [5, 5.41) is 1.06. The Morgan fingerprint density at radius 3 is 2.57 bits per heavy atom. The lowest BCUT2D eigenvalue weighted by atomic mass is 10.1. The molecule has 0 saturated carbocycles. The number of nitrogens with zero attached hydrogens (tertiary/aromatic N) is 1. The summed E-state index contributed by atoms with van der Waals surface area (Å²) in [6, 6.07) is 9.66. The van der Waals surface area contributed by atoms with Crippen LogP contribution in [-0.4, -0.2) is 23.4 Å². The lowest BCUT2D eigenvalue weighted by Gasteiger charge is -2.27. The van der Waals surface area contributed by atoms with Gasteiger partial charge in [-0.3, -0.25) is 4.79 Å². The second kappa shape index (κ2) is 7.48. The first-order valence-electron chi connectivity index (χ1n) is 7.06. The first kappa shape index (κ1) is 17.5. The van der Waals surface area contributed by atoms with E-state index in [4.69, 9.17) is 10.2 Å². The van der Waals surface area contributed by atoms with Gasteiger partial charge in [0.25, 0.3) is 0 Å². The lowest BCUT2D eigenvalue weighted by molar-refractivity contribution is -0.133. The lowest BCUT2D eigenvalue weighted by Crippen LogP contribution is -2.36. The van der Waals surface area contributed by atoms with Gasteiger partial charge in [0.05, 0.1) is 6.04 Å². The van der Waals surface area contributed by atoms with E-state index in [9.17, 15) is 4.79 Å². The summed E-state index contributed by atoms with van der Waals surface area (Å²) < 4.78 is 5.84. The van der Waals surface area contributed by atoms with Crippen molar-refractivity contribution < 1.29 is 9.21 Å². The number of rotatable bonds is 5. The number of nitrogens with two attached hydrogens (primary N) is 1. The Morgan fingerprint density at radius 1 is 1.33 bits per heavy atom. The maximum atomic E-state index is 12.2. The number of fused-ring (bicyclic) bond motifs is 1. The van der Waals surface area contributed by atoms with Crippen LogP contribution in [0.5, 0.6) is 0 Å². The number of carbonyl (C=O) groups is 1. The second-order valence-corrected chi connectivity index (χ2v) is 5.22. The maximum Gasteiger partial charge on any atom is 0.224 e. The minimum Gasteiger partial charge on any atom is -0.459 e. The van der Waals surface area contributed by atoms with Gasteiger partial charge in [-0.1, -0.05) is 18.2 Å². The van der Waals surface area contributed by atoms with Crippen molar-refractivity contribution in [1.82, 2.24) is 4.90 Å². The van der Waals surface area contributed by atoms with Crippen LogP contribution in [-0.2, 0) is 4.79 Å². The molecule has 0 aliphatic carbocycles. The van der Waals surface area contributed by atoms with Crippen LogP contribution < -0.4 is 5.73 Å². The van der Waals surface area contributed by atoms with E-state index in [0.717, 1.165) is 16.7 Å². The Balaban J connectivity index is 0.00000220. The number of amides is 1. The molecule has 1 aromatic carbocycles. The Kier molecular flexibility index (Phi) is 6.24. The van der Waals surface area contributed by atoms with Gasteiger partial charge in [0.15, 0.2) is 0 Å². The van der Waals surface area contributed by atoms with Gasteiger partial charge in [-0.05, 0) is 32.9 Å². The number of benzene rings is 1. The second-order valence-electron chi connectivity index (χ2n) is 5.22. The summed E-state index contributed by atoms with van der Waals surface area (Å²) in [6.07, 6.45) is 0.360. The highest BCUT2D eigenvalue weighted by Gasteiger charge is 2.23. The van der Waals surface area contributed by atoms with E-state index in [1.54, 1.807) is 4.90 Å². The maximum absolute atomic E-state index is 12.2. The molecule has 2 unspecified atom stereocenters. The summed E-state index contributed by atoms with van der Waals surface area (Å²) in [7, 11) is 0. The summed E-state index contributed by atoms with van der Waals surface area (Å²) >= 11 is 0. The van der Waals surface area contributed by atoms with Crippen molar-refractivity contribution >= 4 is 29.3 Å². The van der Waals surface area contributed by atoms with Crippen LogP contribution in [0.1, 0.15) is 39.0 Å². The third-order valence-electron chi connectivity index (χ3n) is 3.48. The fourth-order valence-corrected chi connectivity index (χ4v) is 2.42. The van der Waals surface area contributed by atoms with Crippen molar-refractivity contribution in [3.63, 3.8) is 0 Å². The number of halogens is 1. The van der Waals surface area contributed by atoms with Gasteiger partial charge in [0.2, 0.25) is 5.91 Å². The van der Waals surface area contributed by atoms with Crippen molar-refractivity contribution in [2.75, 3.05) is 6.54 Å². The molecule has 0 radical (unpaired) electrons. The molecule has 0 bridgehead atoms. The van der Waals surface area contributed by atoms with Crippen molar-refractivity contribution in [2.45, 2.75) is 39.3 Å². The predicted octanol–water partition coefficient (Wildman–Crippen LogP) is 3.50. The fourth-order valence-electron chi connectivity index (χ4n) is 2.42. The average Bonchev–Trinajstić information content (AvgIpc) is 2.82. The molecule has 116 valence electrons. The Labute approximate surface area is 131 Å². The van der Waals surface area contributed by atoms with E-state index in [1.807, 2.05) is 51.1 Å². The number of carbonyl (C=O) groups excluding carboxylic acids is 1. The first-order valence-corrected chi connectivity index (χ1v) is 7.06. The normalized spacial score (nSPS) is 13.5. The monoisotopic (exact) mass is 310 g/mol. The fraction of sp³-hybridized carbons (Fsp3) is 0.438. The van der Waals surface area contributed by atoms with Crippen LogP contribution in [0, 0.1) is 0 Å². The smallest absolute Gasteiger partial charge is 0.224 e. The molecule has 0 aliphatic rings. The molecule has 2 N–H and O–H groups in total. The highest BCUT2D eigenvalue weighted by Crippen LogP contribution is 2.27. The van der Waals surface area contributed by atoms with Crippen LogP contribution in [0.2, 0.25) is 0 Å². The van der Waals surface area contributed by atoms with E-state index in [2.05, 4.69) is 0 Å². The number of furan rings is 1. The molecule has 0 aliphatic heterocycles. The molecule has 1 aromatic heterocycles. The van der Waals surface area contributed by atoms with Gasteiger partial charge in [-0.15, -0.1) is 12.4 Å². The highest BCUT2D eigenvalue weighted by atomic mass is 35.5. The molecular weight excluding hydrogens is 288 g/mol. The summed E-state index contributed by atoms with van der Waals surface area (Å²) in [4.78, 5) is 14.0. The van der Waals surface area contributed by atoms with Gasteiger partial charge < -0.3 is 15.1 Å². The van der Waals surface area contributed by atoms with E-state index in [-0.39, 0.29) is 30.4 Å². The average molecular weight is 311 g/mol. The Bertz CT molecular complexity index is 562. The first-order chi connectivity index (χ1) is 9.52. The molecule has 4 nitrogen and oxygen atoms in total. The van der Waals surface area contributed by atoms with E-state index < -0.39 is 0 Å². The SMILES string of the molecule is CCN(C(=O)CC(C)N)C(C)c1cc2ccccc2o1.Cl. The van der Waals surface area contributed by atoms with Gasteiger partial charge in [0.1, 0.15) is 11.3 Å². The van der Waals surface area contributed by atoms with Crippen LogP contribution in [0.4, 0.5) is 0 Å². The highest BCUT2D eigenvalue weighted by molar-refractivity contribution is 5.85. The quantitative estimate of drug-likeness (QED) is 0.919. The Hall–Kier alpha value is -1.52. The third-order valence-corrected chi connectivity index (χ3v) is 3.48. The van der Waals surface area contributed by atoms with Gasteiger partial charge in [0, 0.05) is 24.4 Å². The zero-order valence-corrected chi connectivity index (χ0v) is 13.5. The molecule has 5 heteroatoms. The Morgan fingerprint density at radius 2 is 2.00 bits per heavy atom. The molecule has 1 amide bonds. The van der Waals surface area contributed by atoms with Crippen LogP contribution in [0.25, 0.3) is 11.0 Å². The molecule has 21 heavy (non-hydrogen) atoms. The topological polar surface area (TPSA) is 59.5 Å². The summed E-state index contributed by atoms with van der Waals surface area (Å²) in [5.41, 5.74) is 6.57. The molecule has 2 rings (SSSR count). The number of hydrogen-bond acceptors (Lipinski definition) is 3. The minimum atomic E-state index is -0.126. The zero-order chi connectivity index (χ0) is 14.7. The standard InChI is InChI=1S/C16H22N2O2.ClH/c1-4-18(16(19)9-11(2)17)12(3)15-10-13-7-5-6-8-14(13)20-15;/h5-8,10-12H,4,9,17H2,1-3H3;1H. The largest absolute Gasteiger partial charge is 0.459 e. The summed E-state index contributed by atoms with van der Waals surface area (Å²) in [6.45, 7) is 6.44. The van der Waals surface area contributed by atoms with E-state index in [0.29, 0.717) is 13.0 Å². The van der Waals surface area contributed by atoms with Crippen LogP contribution in [0.3, 0.4) is 0 Å². The van der Waals surface area contributed by atoms with Crippen molar-refractivity contribution in [3.8, 4) is 0 Å². The molecule has 0 saturated heterocycles. The molecule has 2 atom stereocenters. The molecular formula is C16H23ClN2O2. The summed E-state index contributed by atoms with van der Waals surface area (Å²) in [5.74, 6) is 0.876.